The minimum Gasteiger partial charge on any atom is -0.458 e. The normalized spacial score (nSPS) is 27.2. The first-order chi connectivity index (χ1) is 8.40. The fraction of sp³-hybridized carbons (Fsp3) is 0.750. The predicted molar refractivity (Wildman–Crippen MR) is 60.5 cm³/mol. The maximum Gasteiger partial charge on any atom is 0.303 e. The summed E-state index contributed by atoms with van der Waals surface area (Å²) in [6.07, 6.45) is 0.108. The third kappa shape index (κ3) is 4.35. The van der Waals surface area contributed by atoms with E-state index < -0.39 is 36.2 Å². The molecule has 0 amide bonds. The molecule has 0 saturated heterocycles. The van der Waals surface area contributed by atoms with Gasteiger partial charge in [0.05, 0.1) is 0 Å². The monoisotopic (exact) mass is 258 g/mol. The predicted octanol–water partition coefficient (Wildman–Crippen LogP) is 0.965. The van der Waals surface area contributed by atoms with Gasteiger partial charge in [0.1, 0.15) is 12.2 Å². The topological polar surface area (TPSA) is 78.9 Å². The van der Waals surface area contributed by atoms with Gasteiger partial charge in [0.2, 0.25) is 0 Å². The average Bonchev–Trinajstić information content (AvgIpc) is 2.20. The molecule has 1 rings (SSSR count). The highest BCUT2D eigenvalue weighted by Gasteiger charge is 2.39. The van der Waals surface area contributed by atoms with Gasteiger partial charge in [0, 0.05) is 20.8 Å². The van der Waals surface area contributed by atoms with E-state index in [1.807, 2.05) is 0 Å². The van der Waals surface area contributed by atoms with Crippen molar-refractivity contribution in [1.82, 2.24) is 0 Å². The third-order valence-corrected chi connectivity index (χ3v) is 2.65. The number of carbonyl (C=O) groups excluding carboxylic acids is 3. The minimum absolute atomic E-state index is 0.444. The van der Waals surface area contributed by atoms with Gasteiger partial charge in [-0.15, -0.1) is 0 Å². The van der Waals surface area contributed by atoms with Gasteiger partial charge >= 0.3 is 17.9 Å². The van der Waals surface area contributed by atoms with E-state index in [4.69, 9.17) is 14.2 Å². The highest BCUT2D eigenvalue weighted by atomic mass is 16.6. The summed E-state index contributed by atoms with van der Waals surface area (Å²) in [4.78, 5) is 33.1. The molecular weight excluding hydrogens is 240 g/mol. The second-order valence-corrected chi connectivity index (χ2v) is 4.30. The Balaban J connectivity index is 2.78. The lowest BCUT2D eigenvalue weighted by Gasteiger charge is -2.35. The van der Waals surface area contributed by atoms with Crippen molar-refractivity contribution in [1.29, 1.82) is 0 Å². The van der Waals surface area contributed by atoms with E-state index in [9.17, 15) is 14.4 Å². The Labute approximate surface area is 106 Å². The molecule has 0 N–H and O–H groups in total. The zero-order valence-corrected chi connectivity index (χ0v) is 10.8. The van der Waals surface area contributed by atoms with Crippen LogP contribution in [0.1, 0.15) is 40.0 Å². The van der Waals surface area contributed by atoms with Crippen LogP contribution >= 0.6 is 0 Å². The highest BCUT2D eigenvalue weighted by molar-refractivity contribution is 5.68. The van der Waals surface area contributed by atoms with Crippen LogP contribution in [0.15, 0.2) is 0 Å². The molecule has 18 heavy (non-hydrogen) atoms. The summed E-state index contributed by atoms with van der Waals surface area (Å²) in [5.41, 5.74) is 0. The summed E-state index contributed by atoms with van der Waals surface area (Å²) in [5.74, 6) is -1.38. The summed E-state index contributed by atoms with van der Waals surface area (Å²) in [6, 6.07) is 0. The van der Waals surface area contributed by atoms with E-state index in [-0.39, 0.29) is 0 Å². The summed E-state index contributed by atoms with van der Waals surface area (Å²) in [7, 11) is 0. The van der Waals surface area contributed by atoms with Crippen molar-refractivity contribution in [2.45, 2.75) is 58.3 Å². The Morgan fingerprint density at radius 3 is 1.50 bits per heavy atom. The molecule has 0 spiro atoms. The maximum atomic E-state index is 11.1. The molecule has 1 aliphatic carbocycles. The van der Waals surface area contributed by atoms with Crippen molar-refractivity contribution in [3.05, 3.63) is 0 Å². The Kier molecular flexibility index (Phi) is 5.12. The third-order valence-electron chi connectivity index (χ3n) is 2.65. The molecule has 0 aromatic rings. The van der Waals surface area contributed by atoms with E-state index >= 15 is 0 Å². The Morgan fingerprint density at radius 1 is 0.778 bits per heavy atom. The van der Waals surface area contributed by atoms with Crippen LogP contribution in [0.5, 0.6) is 0 Å². The average molecular weight is 258 g/mol. The van der Waals surface area contributed by atoms with Crippen molar-refractivity contribution in [3.63, 3.8) is 0 Å². The van der Waals surface area contributed by atoms with Crippen LogP contribution in [-0.2, 0) is 28.6 Å². The second kappa shape index (κ2) is 6.37. The largest absolute Gasteiger partial charge is 0.458 e. The van der Waals surface area contributed by atoms with Gasteiger partial charge in [-0.3, -0.25) is 14.4 Å². The van der Waals surface area contributed by atoms with Crippen LogP contribution in [0.25, 0.3) is 0 Å². The Morgan fingerprint density at radius 2 is 1.17 bits per heavy atom. The molecule has 0 bridgehead atoms. The molecular formula is C12H18O6. The summed E-state index contributed by atoms with van der Waals surface area (Å²) < 4.78 is 15.3. The lowest BCUT2D eigenvalue weighted by Crippen LogP contribution is -2.47. The molecule has 2 atom stereocenters. The minimum atomic E-state index is -0.718. The van der Waals surface area contributed by atoms with E-state index in [0.29, 0.717) is 12.8 Å². The molecule has 1 aliphatic rings. The van der Waals surface area contributed by atoms with Gasteiger partial charge in [0.25, 0.3) is 0 Å². The smallest absolute Gasteiger partial charge is 0.303 e. The fourth-order valence-corrected chi connectivity index (χ4v) is 2.11. The number of ether oxygens (including phenoxy) is 3. The number of hydrogen-bond donors (Lipinski definition) is 0. The molecule has 6 heteroatoms. The first kappa shape index (κ1) is 14.5. The van der Waals surface area contributed by atoms with Gasteiger partial charge in [-0.1, -0.05) is 0 Å². The van der Waals surface area contributed by atoms with Gasteiger partial charge in [-0.05, 0) is 19.3 Å². The Hall–Kier alpha value is -1.59. The van der Waals surface area contributed by atoms with Crippen LogP contribution < -0.4 is 0 Å². The second-order valence-electron chi connectivity index (χ2n) is 4.30. The highest BCUT2D eigenvalue weighted by Crippen LogP contribution is 2.27. The van der Waals surface area contributed by atoms with E-state index in [2.05, 4.69) is 0 Å². The zero-order chi connectivity index (χ0) is 13.7. The van der Waals surface area contributed by atoms with Crippen molar-refractivity contribution in [2.24, 2.45) is 0 Å². The van der Waals surface area contributed by atoms with Crippen molar-refractivity contribution < 1.29 is 28.6 Å². The fourth-order valence-electron chi connectivity index (χ4n) is 2.11. The number of hydrogen-bond acceptors (Lipinski definition) is 6. The summed E-state index contributed by atoms with van der Waals surface area (Å²) >= 11 is 0. The van der Waals surface area contributed by atoms with Crippen LogP contribution in [0.3, 0.4) is 0 Å². The number of carbonyl (C=O) groups is 3. The Bertz CT molecular complexity index is 313. The summed E-state index contributed by atoms with van der Waals surface area (Å²) in [6.45, 7) is 3.85. The van der Waals surface area contributed by atoms with Gasteiger partial charge < -0.3 is 14.2 Å². The molecule has 0 radical (unpaired) electrons. The van der Waals surface area contributed by atoms with Crippen LogP contribution in [0.2, 0.25) is 0 Å². The standard InChI is InChI=1S/C12H18O6/c1-7(13)16-10-5-4-6-11(17-8(2)14)12(10)18-9(3)15/h10-12H,4-6H2,1-3H3. The van der Waals surface area contributed by atoms with Gasteiger partial charge in [0.15, 0.2) is 6.10 Å². The molecule has 102 valence electrons. The summed E-state index contributed by atoms with van der Waals surface area (Å²) in [5, 5.41) is 0. The molecule has 2 unspecified atom stereocenters. The molecule has 6 nitrogen and oxygen atoms in total. The van der Waals surface area contributed by atoms with Crippen LogP contribution in [-0.4, -0.2) is 36.2 Å². The molecule has 1 saturated carbocycles. The van der Waals surface area contributed by atoms with Gasteiger partial charge in [-0.2, -0.15) is 0 Å². The van der Waals surface area contributed by atoms with E-state index in [0.717, 1.165) is 6.42 Å². The first-order valence-electron chi connectivity index (χ1n) is 5.92. The number of esters is 3. The van der Waals surface area contributed by atoms with E-state index in [1.54, 1.807) is 0 Å². The zero-order valence-electron chi connectivity index (χ0n) is 10.8. The molecule has 0 aromatic carbocycles. The molecule has 1 fully saturated rings. The van der Waals surface area contributed by atoms with Crippen LogP contribution in [0, 0.1) is 0 Å². The maximum absolute atomic E-state index is 11.1. The first-order valence-corrected chi connectivity index (χ1v) is 5.92. The van der Waals surface area contributed by atoms with Gasteiger partial charge in [-0.25, -0.2) is 0 Å². The molecule has 0 heterocycles. The van der Waals surface area contributed by atoms with Crippen molar-refractivity contribution in [3.8, 4) is 0 Å². The number of rotatable bonds is 3. The van der Waals surface area contributed by atoms with Crippen molar-refractivity contribution >= 4 is 17.9 Å². The van der Waals surface area contributed by atoms with Crippen molar-refractivity contribution in [2.75, 3.05) is 0 Å². The van der Waals surface area contributed by atoms with E-state index in [1.165, 1.54) is 20.8 Å². The van der Waals surface area contributed by atoms with Crippen LogP contribution in [0.4, 0.5) is 0 Å². The quantitative estimate of drug-likeness (QED) is 0.554. The SMILES string of the molecule is CC(=O)OC1CCCC(OC(C)=O)C1OC(C)=O. The lowest BCUT2D eigenvalue weighted by molar-refractivity contribution is -0.189. The lowest BCUT2D eigenvalue weighted by atomic mass is 9.91. The molecule has 0 aliphatic heterocycles. The molecule has 0 aromatic heterocycles.